The van der Waals surface area contributed by atoms with Gasteiger partial charge in [0.15, 0.2) is 0 Å². The number of anilines is 1. The number of ether oxygens (including phenoxy) is 1. The molecule has 0 bridgehead atoms. The Balaban J connectivity index is 3.14. The standard InChI is InChI=1S/C15H23NO3/c1-6-12(9-17)15(18)16(4)13-7-10(2)11(3)8-14(13)19-5/h7-8,12,17H,6,9H2,1-5H3. The van der Waals surface area contributed by atoms with Gasteiger partial charge in [-0.2, -0.15) is 0 Å². The SMILES string of the molecule is CCC(CO)C(=O)N(C)c1cc(C)c(C)cc1OC. The average molecular weight is 265 g/mol. The van der Waals surface area contributed by atoms with E-state index < -0.39 is 0 Å². The molecule has 0 spiro atoms. The van der Waals surface area contributed by atoms with Crippen molar-refractivity contribution in [3.8, 4) is 5.75 Å². The number of hydrogen-bond donors (Lipinski definition) is 1. The topological polar surface area (TPSA) is 49.8 Å². The number of amides is 1. The van der Waals surface area contributed by atoms with Gasteiger partial charge < -0.3 is 14.7 Å². The van der Waals surface area contributed by atoms with E-state index in [1.54, 1.807) is 19.1 Å². The Bertz CT molecular complexity index is 453. The van der Waals surface area contributed by atoms with Crippen LogP contribution in [-0.4, -0.2) is 31.8 Å². The number of aryl methyl sites for hydroxylation is 2. The summed E-state index contributed by atoms with van der Waals surface area (Å²) in [6.45, 7) is 5.77. The van der Waals surface area contributed by atoms with E-state index in [2.05, 4.69) is 0 Å². The average Bonchev–Trinajstić information content (AvgIpc) is 2.41. The third-order valence-corrected chi connectivity index (χ3v) is 3.55. The Hall–Kier alpha value is -1.55. The lowest BCUT2D eigenvalue weighted by atomic mass is 10.0. The molecular formula is C15H23NO3. The number of carbonyl (C=O) groups is 1. The minimum Gasteiger partial charge on any atom is -0.495 e. The van der Waals surface area contributed by atoms with E-state index in [-0.39, 0.29) is 18.4 Å². The highest BCUT2D eigenvalue weighted by Crippen LogP contribution is 2.31. The van der Waals surface area contributed by atoms with Gasteiger partial charge in [-0.05, 0) is 43.5 Å². The van der Waals surface area contributed by atoms with Crippen molar-refractivity contribution >= 4 is 11.6 Å². The second-order valence-electron chi connectivity index (χ2n) is 4.79. The molecule has 4 nitrogen and oxygen atoms in total. The minimum absolute atomic E-state index is 0.0912. The summed E-state index contributed by atoms with van der Waals surface area (Å²) in [7, 11) is 3.31. The minimum atomic E-state index is -0.365. The first-order valence-electron chi connectivity index (χ1n) is 6.49. The number of aliphatic hydroxyl groups is 1. The monoisotopic (exact) mass is 265 g/mol. The van der Waals surface area contributed by atoms with Crippen LogP contribution < -0.4 is 9.64 Å². The van der Waals surface area contributed by atoms with E-state index >= 15 is 0 Å². The van der Waals surface area contributed by atoms with Crippen LogP contribution in [0.15, 0.2) is 12.1 Å². The van der Waals surface area contributed by atoms with E-state index in [1.165, 1.54) is 0 Å². The highest BCUT2D eigenvalue weighted by Gasteiger charge is 2.23. The summed E-state index contributed by atoms with van der Waals surface area (Å²) in [6.07, 6.45) is 0.618. The largest absolute Gasteiger partial charge is 0.495 e. The maximum Gasteiger partial charge on any atom is 0.232 e. The molecule has 0 saturated heterocycles. The third kappa shape index (κ3) is 3.26. The summed E-state index contributed by atoms with van der Waals surface area (Å²) in [6, 6.07) is 3.87. The fourth-order valence-corrected chi connectivity index (χ4v) is 1.97. The summed E-state index contributed by atoms with van der Waals surface area (Å²) in [5, 5.41) is 9.24. The molecular weight excluding hydrogens is 242 g/mol. The zero-order chi connectivity index (χ0) is 14.6. The number of nitrogens with zero attached hydrogens (tertiary/aromatic N) is 1. The molecule has 0 heterocycles. The number of aliphatic hydroxyl groups excluding tert-OH is 1. The molecule has 1 aromatic rings. The van der Waals surface area contributed by atoms with Gasteiger partial charge >= 0.3 is 0 Å². The van der Waals surface area contributed by atoms with Crippen molar-refractivity contribution in [2.75, 3.05) is 25.7 Å². The van der Waals surface area contributed by atoms with E-state index in [0.29, 0.717) is 12.2 Å². The number of hydrogen-bond acceptors (Lipinski definition) is 3. The van der Waals surface area contributed by atoms with Crippen LogP contribution in [0.3, 0.4) is 0 Å². The first kappa shape index (κ1) is 15.5. The molecule has 0 aliphatic rings. The van der Waals surface area contributed by atoms with Crippen LogP contribution in [0.1, 0.15) is 24.5 Å². The molecule has 1 atom stereocenters. The highest BCUT2D eigenvalue weighted by atomic mass is 16.5. The molecule has 4 heteroatoms. The van der Waals surface area contributed by atoms with E-state index in [9.17, 15) is 9.90 Å². The van der Waals surface area contributed by atoms with Crippen molar-refractivity contribution in [1.82, 2.24) is 0 Å². The maximum atomic E-state index is 12.3. The van der Waals surface area contributed by atoms with Gasteiger partial charge in [-0.25, -0.2) is 0 Å². The molecule has 1 N–H and O–H groups in total. The third-order valence-electron chi connectivity index (χ3n) is 3.55. The Morgan fingerprint density at radius 2 is 1.95 bits per heavy atom. The van der Waals surface area contributed by atoms with Gasteiger partial charge in [-0.1, -0.05) is 6.92 Å². The van der Waals surface area contributed by atoms with Gasteiger partial charge in [-0.15, -0.1) is 0 Å². The molecule has 1 unspecified atom stereocenters. The predicted octanol–water partition coefficient (Wildman–Crippen LogP) is 2.29. The van der Waals surface area contributed by atoms with Crippen LogP contribution in [0.25, 0.3) is 0 Å². The number of methoxy groups -OCH3 is 1. The molecule has 1 rings (SSSR count). The lowest BCUT2D eigenvalue weighted by Crippen LogP contribution is -2.34. The molecule has 1 aromatic carbocycles. The highest BCUT2D eigenvalue weighted by molar-refractivity contribution is 5.96. The van der Waals surface area contributed by atoms with Crippen LogP contribution in [0.4, 0.5) is 5.69 Å². The Kier molecular flexibility index (Phi) is 5.36. The van der Waals surface area contributed by atoms with Crippen molar-refractivity contribution < 1.29 is 14.6 Å². The summed E-state index contributed by atoms with van der Waals surface area (Å²) in [5.41, 5.74) is 2.96. The van der Waals surface area contributed by atoms with Crippen LogP contribution in [-0.2, 0) is 4.79 Å². The molecule has 106 valence electrons. The van der Waals surface area contributed by atoms with Crippen LogP contribution in [0, 0.1) is 19.8 Å². The Morgan fingerprint density at radius 1 is 1.37 bits per heavy atom. The fourth-order valence-electron chi connectivity index (χ4n) is 1.97. The summed E-state index contributed by atoms with van der Waals surface area (Å²) >= 11 is 0. The Morgan fingerprint density at radius 3 is 2.42 bits per heavy atom. The second kappa shape index (κ2) is 6.57. The van der Waals surface area contributed by atoms with Crippen LogP contribution in [0.2, 0.25) is 0 Å². The van der Waals surface area contributed by atoms with Gasteiger partial charge in [0.05, 0.1) is 25.3 Å². The van der Waals surface area contributed by atoms with Gasteiger partial charge in [0.2, 0.25) is 5.91 Å². The second-order valence-corrected chi connectivity index (χ2v) is 4.79. The predicted molar refractivity (Wildman–Crippen MR) is 76.7 cm³/mol. The molecule has 1 amide bonds. The van der Waals surface area contributed by atoms with Gasteiger partial charge in [0.25, 0.3) is 0 Å². The number of rotatable bonds is 5. The van der Waals surface area contributed by atoms with Gasteiger partial charge in [-0.3, -0.25) is 4.79 Å². The van der Waals surface area contributed by atoms with Crippen molar-refractivity contribution in [1.29, 1.82) is 0 Å². The summed E-state index contributed by atoms with van der Waals surface area (Å²) in [5.74, 6) is 0.217. The van der Waals surface area contributed by atoms with E-state index in [4.69, 9.17) is 4.74 Å². The lowest BCUT2D eigenvalue weighted by Gasteiger charge is -2.24. The normalized spacial score (nSPS) is 12.1. The zero-order valence-corrected chi connectivity index (χ0v) is 12.4. The first-order chi connectivity index (χ1) is 8.96. The molecule has 0 aromatic heterocycles. The van der Waals surface area contributed by atoms with Crippen molar-refractivity contribution in [2.24, 2.45) is 5.92 Å². The number of benzene rings is 1. The van der Waals surface area contributed by atoms with E-state index in [1.807, 2.05) is 32.9 Å². The smallest absolute Gasteiger partial charge is 0.232 e. The molecule has 0 aliphatic heterocycles. The molecule has 0 saturated carbocycles. The molecule has 0 fully saturated rings. The quantitative estimate of drug-likeness (QED) is 0.888. The van der Waals surface area contributed by atoms with Crippen LogP contribution in [0.5, 0.6) is 5.75 Å². The molecule has 0 aliphatic carbocycles. The van der Waals surface area contributed by atoms with Gasteiger partial charge in [0, 0.05) is 7.05 Å². The van der Waals surface area contributed by atoms with Crippen molar-refractivity contribution in [2.45, 2.75) is 27.2 Å². The van der Waals surface area contributed by atoms with Crippen molar-refractivity contribution in [3.63, 3.8) is 0 Å². The maximum absolute atomic E-state index is 12.3. The van der Waals surface area contributed by atoms with Gasteiger partial charge in [0.1, 0.15) is 5.75 Å². The van der Waals surface area contributed by atoms with E-state index in [0.717, 1.165) is 16.8 Å². The number of carbonyl (C=O) groups excluding carboxylic acids is 1. The fraction of sp³-hybridized carbons (Fsp3) is 0.533. The molecule has 0 radical (unpaired) electrons. The summed E-state index contributed by atoms with van der Waals surface area (Å²) < 4.78 is 5.34. The van der Waals surface area contributed by atoms with Crippen molar-refractivity contribution in [3.05, 3.63) is 23.3 Å². The molecule has 19 heavy (non-hydrogen) atoms. The zero-order valence-electron chi connectivity index (χ0n) is 12.4. The Labute approximate surface area is 115 Å². The lowest BCUT2D eigenvalue weighted by molar-refractivity contribution is -0.123. The summed E-state index contributed by atoms with van der Waals surface area (Å²) in [4.78, 5) is 13.8. The first-order valence-corrected chi connectivity index (χ1v) is 6.49. The van der Waals surface area contributed by atoms with Crippen LogP contribution >= 0.6 is 0 Å².